The van der Waals surface area contributed by atoms with E-state index in [1.807, 2.05) is 36.4 Å². The molecule has 9 nitrogen and oxygen atoms in total. The van der Waals surface area contributed by atoms with E-state index in [2.05, 4.69) is 491 Å². The van der Waals surface area contributed by atoms with Crippen molar-refractivity contribution in [2.24, 2.45) is 0 Å². The van der Waals surface area contributed by atoms with Gasteiger partial charge in [-0.2, -0.15) is 0 Å². The van der Waals surface area contributed by atoms with Gasteiger partial charge in [0.15, 0.2) is 52.4 Å². The molecule has 0 bridgehead atoms. The number of benzene rings is 21. The van der Waals surface area contributed by atoms with Crippen LogP contribution in [0.2, 0.25) is 0 Å². The van der Waals surface area contributed by atoms with E-state index < -0.39 is 0 Å². The molecular weight excluding hydrogens is 1840 g/mol. The number of hydrogen-bond acceptors (Lipinski definition) is 12. The molecule has 0 radical (unpaired) electrons. The Labute approximate surface area is 863 Å². The molecular formula is C135H87N9S3. The number of thiophene rings is 3. The zero-order valence-corrected chi connectivity index (χ0v) is 81.9. The summed E-state index contributed by atoms with van der Waals surface area (Å²) in [7, 11) is 0. The average Bonchev–Trinajstić information content (AvgIpc) is 1.63. The minimum absolute atomic E-state index is 0.643. The molecule has 0 aliphatic rings. The molecule has 27 aromatic rings. The van der Waals surface area contributed by atoms with Crippen LogP contribution >= 0.6 is 34.0 Å². The smallest absolute Gasteiger partial charge is 0.164 e. The average molecular weight is 1930 g/mol. The highest BCUT2D eigenvalue weighted by Crippen LogP contribution is 2.44. The van der Waals surface area contributed by atoms with Crippen LogP contribution in [-0.2, 0) is 0 Å². The highest BCUT2D eigenvalue weighted by Gasteiger charge is 2.22. The van der Waals surface area contributed by atoms with E-state index in [-0.39, 0.29) is 0 Å². The fourth-order valence-electron chi connectivity index (χ4n) is 19.2. The molecule has 21 aromatic carbocycles. The standard InChI is InChI=1S/3C45H29N3S/c1-3-11-30(12-4-1)32-21-23-33(24-22-32)43-46-44(48-45(47-43)38-25-26-40-39-19-7-8-20-41(39)49-42(40)29-38)37-18-10-17-36(28-37)35-16-9-15-34(27-35)31-13-5-2-6-14-31;1-3-10-30(11-4-1)32-18-22-34(23-19-32)43-46-44(48-45(47-43)38-26-27-40-39-16-7-8-17-41(39)49-42(40)29-38)35-24-20-33(21-25-35)37-15-9-14-36(28-37)31-12-5-2-6-13-31;1-3-10-30(11-4-1)32-18-20-34(21-19-32)36-14-9-15-37(28-36)44-46-43(35-24-22-33(23-25-35)31-12-5-2-6-13-31)47-45(48-44)38-26-27-40-39-16-7-8-17-41(39)49-42(40)29-38/h3*1-29H. The van der Waals surface area contributed by atoms with Gasteiger partial charge in [0.1, 0.15) is 0 Å². The molecule has 690 valence electrons. The number of hydrogen-bond donors (Lipinski definition) is 0. The van der Waals surface area contributed by atoms with Crippen LogP contribution < -0.4 is 0 Å². The van der Waals surface area contributed by atoms with Gasteiger partial charge in [0, 0.05) is 111 Å². The number of aromatic nitrogens is 9. The summed E-state index contributed by atoms with van der Waals surface area (Å²) < 4.78 is 7.48. The quantitative estimate of drug-likeness (QED) is 0.0828. The molecule has 6 heterocycles. The highest BCUT2D eigenvalue weighted by molar-refractivity contribution is 7.26. The molecule has 27 rings (SSSR count). The second-order valence-electron chi connectivity index (χ2n) is 36.3. The lowest BCUT2D eigenvalue weighted by Gasteiger charge is -2.11. The predicted molar refractivity (Wildman–Crippen MR) is 616 cm³/mol. The maximum absolute atomic E-state index is 5.11. The Morgan fingerprint density at radius 2 is 0.224 bits per heavy atom. The van der Waals surface area contributed by atoms with Crippen LogP contribution in [0.5, 0.6) is 0 Å². The van der Waals surface area contributed by atoms with Gasteiger partial charge in [-0.15, -0.1) is 34.0 Å². The van der Waals surface area contributed by atoms with Gasteiger partial charge < -0.3 is 0 Å². The maximum Gasteiger partial charge on any atom is 0.164 e. The Morgan fingerprint density at radius 1 is 0.0884 bits per heavy atom. The van der Waals surface area contributed by atoms with E-state index in [1.165, 1.54) is 116 Å². The van der Waals surface area contributed by atoms with Gasteiger partial charge in [-0.05, 0) is 161 Å². The third kappa shape index (κ3) is 19.1. The van der Waals surface area contributed by atoms with Crippen LogP contribution in [0, 0.1) is 0 Å². The predicted octanol–water partition coefficient (Wildman–Crippen LogP) is 36.7. The lowest BCUT2D eigenvalue weighted by molar-refractivity contribution is 1.07. The summed E-state index contributed by atoms with van der Waals surface area (Å²) in [4.78, 5) is 45.6. The largest absolute Gasteiger partial charge is 0.208 e. The summed E-state index contributed by atoms with van der Waals surface area (Å²) in [6.45, 7) is 0. The number of rotatable bonds is 18. The van der Waals surface area contributed by atoms with E-state index >= 15 is 0 Å². The van der Waals surface area contributed by atoms with Gasteiger partial charge in [0.25, 0.3) is 0 Å². The van der Waals surface area contributed by atoms with Gasteiger partial charge in [-0.25, -0.2) is 44.9 Å². The first kappa shape index (κ1) is 89.6. The van der Waals surface area contributed by atoms with Crippen LogP contribution in [0.15, 0.2) is 528 Å². The lowest BCUT2D eigenvalue weighted by Crippen LogP contribution is -2.00. The first-order valence-electron chi connectivity index (χ1n) is 49.1. The molecule has 0 saturated heterocycles. The Morgan fingerprint density at radius 3 is 0.456 bits per heavy atom. The third-order valence-electron chi connectivity index (χ3n) is 26.9. The minimum Gasteiger partial charge on any atom is -0.208 e. The van der Waals surface area contributed by atoms with Crippen LogP contribution in [0.25, 0.3) is 263 Å². The molecule has 0 saturated carbocycles. The topological polar surface area (TPSA) is 116 Å². The minimum atomic E-state index is 0.643. The molecule has 0 spiro atoms. The summed E-state index contributed by atoms with van der Waals surface area (Å²) in [5.74, 6) is 5.85. The van der Waals surface area contributed by atoms with Gasteiger partial charge in [-0.3, -0.25) is 0 Å². The SMILES string of the molecule is c1ccc(-c2ccc(-c3cccc(-c4nc(-c5ccc(-c6ccccc6)cc5)nc(-c5ccc6c(c5)sc5ccccc56)n4)c3)cc2)cc1.c1ccc(-c2ccc(-c3nc(-c4ccc(-c5cccc(-c6ccccc6)c5)cc4)nc(-c4ccc5c(c4)sc4ccccc45)n3)cc2)cc1.c1ccc(-c2ccc(-c3nc(-c4cccc(-c5cccc(-c6ccccc6)c5)c4)nc(-c4ccc5c(c4)sc4ccccc45)n3)cc2)cc1. The molecule has 0 aliphatic carbocycles. The summed E-state index contributed by atoms with van der Waals surface area (Å²) in [6.07, 6.45) is 0. The number of fused-ring (bicyclic) bond motifs is 9. The number of nitrogens with zero attached hydrogens (tertiary/aromatic N) is 9. The summed E-state index contributed by atoms with van der Waals surface area (Å²) in [6, 6.07) is 185. The highest BCUT2D eigenvalue weighted by atomic mass is 32.1. The van der Waals surface area contributed by atoms with Crippen LogP contribution in [0.3, 0.4) is 0 Å². The molecule has 0 atom stereocenters. The zero-order chi connectivity index (χ0) is 97.7. The van der Waals surface area contributed by atoms with E-state index in [0.717, 1.165) is 94.6 Å². The van der Waals surface area contributed by atoms with E-state index in [1.54, 1.807) is 34.0 Å². The first-order valence-corrected chi connectivity index (χ1v) is 51.5. The molecule has 0 fully saturated rings. The van der Waals surface area contributed by atoms with Crippen molar-refractivity contribution in [3.63, 3.8) is 0 Å². The summed E-state index contributed by atoms with van der Waals surface area (Å²) in [5, 5.41) is 7.58. The molecule has 0 unspecified atom stereocenters. The Bertz CT molecular complexity index is 9480. The maximum atomic E-state index is 5.11. The molecule has 6 aromatic heterocycles. The Balaban J connectivity index is 0.000000115. The van der Waals surface area contributed by atoms with Gasteiger partial charge in [-0.1, -0.05) is 467 Å². The Kier molecular flexibility index (Phi) is 24.6. The van der Waals surface area contributed by atoms with Gasteiger partial charge in [0.2, 0.25) is 0 Å². The Hall–Kier alpha value is -18.7. The van der Waals surface area contributed by atoms with Crippen molar-refractivity contribution < 1.29 is 0 Å². The lowest BCUT2D eigenvalue weighted by atomic mass is 9.98. The summed E-state index contributed by atoms with van der Waals surface area (Å²) >= 11 is 5.40. The second-order valence-corrected chi connectivity index (χ2v) is 39.5. The summed E-state index contributed by atoms with van der Waals surface area (Å²) in [5.41, 5.74) is 29.6. The van der Waals surface area contributed by atoms with E-state index in [0.29, 0.717) is 52.4 Å². The molecule has 0 amide bonds. The van der Waals surface area contributed by atoms with Crippen molar-refractivity contribution in [2.75, 3.05) is 0 Å². The van der Waals surface area contributed by atoms with Gasteiger partial charge in [0.05, 0.1) is 0 Å². The monoisotopic (exact) mass is 1930 g/mol. The fourth-order valence-corrected chi connectivity index (χ4v) is 22.6. The fraction of sp³-hybridized carbons (Fsp3) is 0. The van der Waals surface area contributed by atoms with Crippen LogP contribution in [-0.4, -0.2) is 44.9 Å². The van der Waals surface area contributed by atoms with Crippen molar-refractivity contribution in [3.8, 4) is 203 Å². The molecule has 147 heavy (non-hydrogen) atoms. The van der Waals surface area contributed by atoms with Crippen molar-refractivity contribution in [3.05, 3.63) is 528 Å². The third-order valence-corrected chi connectivity index (χ3v) is 30.3. The second kappa shape index (κ2) is 40.4. The van der Waals surface area contributed by atoms with E-state index in [9.17, 15) is 0 Å². The molecule has 0 N–H and O–H groups in total. The van der Waals surface area contributed by atoms with E-state index in [4.69, 9.17) is 44.9 Å². The first-order chi connectivity index (χ1) is 72.7. The van der Waals surface area contributed by atoms with Crippen molar-refractivity contribution >= 4 is 94.5 Å². The van der Waals surface area contributed by atoms with Crippen LogP contribution in [0.4, 0.5) is 0 Å². The van der Waals surface area contributed by atoms with Crippen molar-refractivity contribution in [2.45, 2.75) is 0 Å². The zero-order valence-electron chi connectivity index (χ0n) is 79.5. The molecule has 12 heteroatoms. The van der Waals surface area contributed by atoms with Crippen molar-refractivity contribution in [1.82, 2.24) is 44.9 Å². The van der Waals surface area contributed by atoms with Crippen molar-refractivity contribution in [1.29, 1.82) is 0 Å². The molecule has 0 aliphatic heterocycles. The van der Waals surface area contributed by atoms with Crippen LogP contribution in [0.1, 0.15) is 0 Å². The normalized spacial score (nSPS) is 11.3. The van der Waals surface area contributed by atoms with Gasteiger partial charge >= 0.3 is 0 Å².